The van der Waals surface area contributed by atoms with Crippen LogP contribution in [0.1, 0.15) is 18.6 Å². The van der Waals surface area contributed by atoms with E-state index in [0.717, 1.165) is 5.76 Å². The van der Waals surface area contributed by atoms with E-state index in [9.17, 15) is 4.79 Å². The summed E-state index contributed by atoms with van der Waals surface area (Å²) in [6, 6.07) is 3.39. The smallest absolute Gasteiger partial charge is 0.220 e. The first-order chi connectivity index (χ1) is 8.26. The van der Waals surface area contributed by atoms with E-state index in [1.165, 1.54) is 0 Å². The van der Waals surface area contributed by atoms with Crippen molar-refractivity contribution in [3.05, 3.63) is 24.2 Å². The molecular weight excluding hydrogens is 222 g/mol. The molecule has 5 heteroatoms. The third kappa shape index (κ3) is 5.51. The largest absolute Gasteiger partial charge is 0.469 e. The van der Waals surface area contributed by atoms with Crippen LogP contribution >= 0.6 is 0 Å². The van der Waals surface area contributed by atoms with Gasteiger partial charge < -0.3 is 19.6 Å². The van der Waals surface area contributed by atoms with Gasteiger partial charge in [0.15, 0.2) is 0 Å². The normalized spacial score (nSPS) is 12.4. The fourth-order valence-corrected chi connectivity index (χ4v) is 1.46. The summed E-state index contributed by atoms with van der Waals surface area (Å²) in [6.07, 6.45) is 3.13. The van der Waals surface area contributed by atoms with Gasteiger partial charge in [0, 0.05) is 26.6 Å². The van der Waals surface area contributed by atoms with Crippen LogP contribution in [0.15, 0.2) is 22.8 Å². The number of methoxy groups -OCH3 is 1. The van der Waals surface area contributed by atoms with E-state index in [-0.39, 0.29) is 18.6 Å². The monoisotopic (exact) mass is 241 g/mol. The molecular formula is C12H19NO4. The molecule has 0 saturated heterocycles. The van der Waals surface area contributed by atoms with Crippen molar-refractivity contribution < 1.29 is 19.1 Å². The Morgan fingerprint density at radius 3 is 3.06 bits per heavy atom. The molecule has 0 fully saturated rings. The summed E-state index contributed by atoms with van der Waals surface area (Å²) in [6.45, 7) is 0.444. The maximum absolute atomic E-state index is 11.6. The van der Waals surface area contributed by atoms with Crippen LogP contribution in [0.5, 0.6) is 0 Å². The zero-order valence-electron chi connectivity index (χ0n) is 10.0. The molecule has 1 atom stereocenters. The van der Waals surface area contributed by atoms with Crippen LogP contribution in [-0.2, 0) is 16.0 Å². The quantitative estimate of drug-likeness (QED) is 0.703. The number of aryl methyl sites for hydroxylation is 1. The average molecular weight is 241 g/mol. The van der Waals surface area contributed by atoms with Crippen LogP contribution in [0.25, 0.3) is 0 Å². The van der Waals surface area contributed by atoms with Crippen LogP contribution < -0.4 is 5.32 Å². The standard InChI is InChI=1S/C12H19NO4/c1-16-8-6-10(9-14)13-12(15)5-4-11-3-2-7-17-11/h2-3,7,10,14H,4-6,8-9H2,1H3,(H,13,15). The maximum Gasteiger partial charge on any atom is 0.220 e. The number of aliphatic hydroxyl groups is 1. The number of rotatable bonds is 8. The zero-order valence-corrected chi connectivity index (χ0v) is 10.0. The number of aliphatic hydroxyl groups excluding tert-OH is 1. The molecule has 1 unspecified atom stereocenters. The highest BCUT2D eigenvalue weighted by molar-refractivity contribution is 5.76. The van der Waals surface area contributed by atoms with E-state index in [1.807, 2.05) is 6.07 Å². The summed E-state index contributed by atoms with van der Waals surface area (Å²) in [4.78, 5) is 11.6. The van der Waals surface area contributed by atoms with Gasteiger partial charge in [0.05, 0.1) is 18.9 Å². The van der Waals surface area contributed by atoms with E-state index in [2.05, 4.69) is 5.32 Å². The minimum Gasteiger partial charge on any atom is -0.469 e. The number of carbonyl (C=O) groups excluding carboxylic acids is 1. The van der Waals surface area contributed by atoms with Crippen LogP contribution in [0.3, 0.4) is 0 Å². The Labute approximate surface area is 101 Å². The molecule has 2 N–H and O–H groups in total. The predicted octanol–water partition coefficient (Wildman–Crippen LogP) is 0.726. The Bertz CT molecular complexity index is 310. The van der Waals surface area contributed by atoms with Crippen molar-refractivity contribution in [2.24, 2.45) is 0 Å². The lowest BCUT2D eigenvalue weighted by Gasteiger charge is -2.15. The topological polar surface area (TPSA) is 71.7 Å². The van der Waals surface area contributed by atoms with Crippen molar-refractivity contribution in [2.45, 2.75) is 25.3 Å². The fraction of sp³-hybridized carbons (Fsp3) is 0.583. The summed E-state index contributed by atoms with van der Waals surface area (Å²) in [7, 11) is 1.59. The lowest BCUT2D eigenvalue weighted by Crippen LogP contribution is -2.38. The number of nitrogens with one attached hydrogen (secondary N) is 1. The van der Waals surface area contributed by atoms with Gasteiger partial charge in [-0.3, -0.25) is 4.79 Å². The summed E-state index contributed by atoms with van der Waals surface area (Å²) >= 11 is 0. The average Bonchev–Trinajstić information content (AvgIpc) is 2.85. The predicted molar refractivity (Wildman–Crippen MR) is 62.5 cm³/mol. The Morgan fingerprint density at radius 2 is 2.47 bits per heavy atom. The molecule has 17 heavy (non-hydrogen) atoms. The molecule has 1 rings (SSSR count). The summed E-state index contributed by atoms with van der Waals surface area (Å²) in [5.41, 5.74) is 0. The number of amides is 1. The van der Waals surface area contributed by atoms with E-state index >= 15 is 0 Å². The number of hydrogen-bond donors (Lipinski definition) is 2. The van der Waals surface area contributed by atoms with E-state index < -0.39 is 0 Å². The molecule has 0 spiro atoms. The van der Waals surface area contributed by atoms with Crippen molar-refractivity contribution in [3.63, 3.8) is 0 Å². The summed E-state index contributed by atoms with van der Waals surface area (Å²) in [5.74, 6) is 0.703. The van der Waals surface area contributed by atoms with Gasteiger partial charge in [-0.05, 0) is 18.6 Å². The molecule has 0 bridgehead atoms. The van der Waals surface area contributed by atoms with Gasteiger partial charge in [-0.1, -0.05) is 0 Å². The molecule has 1 heterocycles. The van der Waals surface area contributed by atoms with E-state index in [4.69, 9.17) is 14.3 Å². The van der Waals surface area contributed by atoms with Gasteiger partial charge >= 0.3 is 0 Å². The molecule has 1 amide bonds. The second kappa shape index (κ2) is 7.86. The highest BCUT2D eigenvalue weighted by Gasteiger charge is 2.11. The van der Waals surface area contributed by atoms with Gasteiger partial charge in [-0.15, -0.1) is 0 Å². The van der Waals surface area contributed by atoms with Crippen molar-refractivity contribution in [1.82, 2.24) is 5.32 Å². The fourth-order valence-electron chi connectivity index (χ4n) is 1.46. The van der Waals surface area contributed by atoms with Gasteiger partial charge in [0.25, 0.3) is 0 Å². The number of ether oxygens (including phenoxy) is 1. The van der Waals surface area contributed by atoms with Crippen molar-refractivity contribution in [1.29, 1.82) is 0 Å². The van der Waals surface area contributed by atoms with Gasteiger partial charge in [-0.25, -0.2) is 0 Å². The van der Waals surface area contributed by atoms with E-state index in [0.29, 0.717) is 25.9 Å². The van der Waals surface area contributed by atoms with Crippen LogP contribution in [0.2, 0.25) is 0 Å². The molecule has 0 saturated carbocycles. The van der Waals surface area contributed by atoms with Crippen LogP contribution in [-0.4, -0.2) is 37.4 Å². The molecule has 0 aliphatic rings. The minimum atomic E-state index is -0.237. The molecule has 0 aromatic carbocycles. The Hall–Kier alpha value is -1.33. The molecule has 1 aromatic rings. The molecule has 0 aliphatic heterocycles. The highest BCUT2D eigenvalue weighted by atomic mass is 16.5. The van der Waals surface area contributed by atoms with Crippen LogP contribution in [0, 0.1) is 0 Å². The second-order valence-electron chi connectivity index (χ2n) is 3.81. The van der Waals surface area contributed by atoms with Crippen molar-refractivity contribution in [2.75, 3.05) is 20.3 Å². The number of hydrogen-bond acceptors (Lipinski definition) is 4. The number of carbonyl (C=O) groups is 1. The summed E-state index contributed by atoms with van der Waals surface area (Å²) < 4.78 is 10.0. The first kappa shape index (κ1) is 13.7. The SMILES string of the molecule is COCCC(CO)NC(=O)CCc1ccco1. The van der Waals surface area contributed by atoms with Gasteiger partial charge in [0.2, 0.25) is 5.91 Å². The lowest BCUT2D eigenvalue weighted by molar-refractivity contribution is -0.122. The number of furan rings is 1. The maximum atomic E-state index is 11.6. The molecule has 0 radical (unpaired) electrons. The Kier molecular flexibility index (Phi) is 6.35. The second-order valence-corrected chi connectivity index (χ2v) is 3.81. The first-order valence-electron chi connectivity index (χ1n) is 5.67. The van der Waals surface area contributed by atoms with Gasteiger partial charge in [0.1, 0.15) is 5.76 Å². The molecule has 96 valence electrons. The van der Waals surface area contributed by atoms with E-state index in [1.54, 1.807) is 19.4 Å². The molecule has 5 nitrogen and oxygen atoms in total. The minimum absolute atomic E-state index is 0.0736. The molecule has 1 aromatic heterocycles. The molecule has 0 aliphatic carbocycles. The Balaban J connectivity index is 2.22. The summed E-state index contributed by atoms with van der Waals surface area (Å²) in [5, 5.41) is 11.8. The van der Waals surface area contributed by atoms with Crippen molar-refractivity contribution in [3.8, 4) is 0 Å². The van der Waals surface area contributed by atoms with Crippen LogP contribution in [0.4, 0.5) is 0 Å². The third-order valence-electron chi connectivity index (χ3n) is 2.43. The highest BCUT2D eigenvalue weighted by Crippen LogP contribution is 2.03. The Morgan fingerprint density at radius 1 is 1.65 bits per heavy atom. The van der Waals surface area contributed by atoms with Gasteiger partial charge in [-0.2, -0.15) is 0 Å². The first-order valence-corrected chi connectivity index (χ1v) is 5.67. The lowest BCUT2D eigenvalue weighted by atomic mass is 10.2. The third-order valence-corrected chi connectivity index (χ3v) is 2.43. The van der Waals surface area contributed by atoms with Crippen molar-refractivity contribution >= 4 is 5.91 Å². The zero-order chi connectivity index (χ0) is 12.5.